The van der Waals surface area contributed by atoms with Crippen LogP contribution in [-0.2, 0) is 19.9 Å². The van der Waals surface area contributed by atoms with Crippen LogP contribution in [0.4, 0.5) is 0 Å². The molecule has 0 saturated carbocycles. The van der Waals surface area contributed by atoms with Crippen molar-refractivity contribution in [1.29, 1.82) is 0 Å². The molecule has 0 bridgehead atoms. The van der Waals surface area contributed by atoms with Crippen molar-refractivity contribution in [3.63, 3.8) is 0 Å². The molecule has 1 aliphatic rings. The average molecular weight is 227 g/mol. The summed E-state index contributed by atoms with van der Waals surface area (Å²) in [5, 5.41) is 3.98. The lowest BCUT2D eigenvalue weighted by Gasteiger charge is -2.23. The molecule has 1 unspecified atom stereocenters. The number of sulfonamides is 1. The highest BCUT2D eigenvalue weighted by Gasteiger charge is 2.52. The average Bonchev–Trinajstić information content (AvgIpc) is 2.00. The topological polar surface area (TPSA) is 94.3 Å². The number of nitrogens with two attached hydrogens (primary N) is 1. The SMILES string of the molecule is CC1(C)C(S(N)(=O)=O)CCS1(=O)=O. The lowest BCUT2D eigenvalue weighted by molar-refractivity contribution is 0.534. The van der Waals surface area contributed by atoms with Gasteiger partial charge in [0.1, 0.15) is 0 Å². The van der Waals surface area contributed by atoms with Crippen LogP contribution in [-0.4, -0.2) is 32.6 Å². The highest BCUT2D eigenvalue weighted by atomic mass is 32.2. The monoisotopic (exact) mass is 227 g/mol. The molecule has 1 heterocycles. The van der Waals surface area contributed by atoms with E-state index in [9.17, 15) is 16.8 Å². The fourth-order valence-electron chi connectivity index (χ4n) is 1.63. The molecular formula is C6H13NO4S2. The van der Waals surface area contributed by atoms with E-state index < -0.39 is 29.9 Å². The standard InChI is InChI=1S/C6H13NO4S2/c1-6(2)5(13(7,10)11)3-4-12(6,8)9/h5H,3-4H2,1-2H3,(H2,7,10,11). The quantitative estimate of drug-likeness (QED) is 0.637. The number of primary sulfonamides is 1. The molecule has 1 rings (SSSR count). The van der Waals surface area contributed by atoms with Crippen molar-refractivity contribution in [3.8, 4) is 0 Å². The first-order valence-electron chi connectivity index (χ1n) is 3.83. The van der Waals surface area contributed by atoms with E-state index in [2.05, 4.69) is 0 Å². The van der Waals surface area contributed by atoms with E-state index >= 15 is 0 Å². The van der Waals surface area contributed by atoms with Gasteiger partial charge in [0.25, 0.3) is 0 Å². The zero-order chi connectivity index (χ0) is 10.5. The Balaban J connectivity index is 3.25. The molecule has 13 heavy (non-hydrogen) atoms. The van der Waals surface area contributed by atoms with E-state index in [1.54, 1.807) is 0 Å². The number of sulfone groups is 1. The van der Waals surface area contributed by atoms with Crippen LogP contribution < -0.4 is 5.14 Å². The van der Waals surface area contributed by atoms with E-state index in [1.807, 2.05) is 0 Å². The van der Waals surface area contributed by atoms with Crippen molar-refractivity contribution in [3.05, 3.63) is 0 Å². The van der Waals surface area contributed by atoms with Gasteiger partial charge in [-0.3, -0.25) is 0 Å². The molecule has 7 heteroatoms. The van der Waals surface area contributed by atoms with E-state index in [0.29, 0.717) is 0 Å². The Labute approximate surface area is 78.3 Å². The molecule has 0 spiro atoms. The van der Waals surface area contributed by atoms with E-state index in [-0.39, 0.29) is 12.2 Å². The van der Waals surface area contributed by atoms with Gasteiger partial charge in [0.2, 0.25) is 10.0 Å². The summed E-state index contributed by atoms with van der Waals surface area (Å²) in [6, 6.07) is 0. The van der Waals surface area contributed by atoms with Crippen LogP contribution in [0.5, 0.6) is 0 Å². The van der Waals surface area contributed by atoms with Crippen LogP contribution in [0.3, 0.4) is 0 Å². The van der Waals surface area contributed by atoms with Gasteiger partial charge in [-0.1, -0.05) is 0 Å². The van der Waals surface area contributed by atoms with Crippen LogP contribution >= 0.6 is 0 Å². The molecule has 5 nitrogen and oxygen atoms in total. The molecule has 0 aliphatic carbocycles. The Bertz CT molecular complexity index is 406. The smallest absolute Gasteiger partial charge is 0.213 e. The predicted octanol–water partition coefficient (Wildman–Crippen LogP) is -0.759. The summed E-state index contributed by atoms with van der Waals surface area (Å²) in [7, 11) is -7.08. The van der Waals surface area contributed by atoms with Gasteiger partial charge in [0.15, 0.2) is 9.84 Å². The molecule has 1 fully saturated rings. The Kier molecular flexibility index (Phi) is 2.25. The molecule has 0 radical (unpaired) electrons. The molecule has 0 amide bonds. The highest BCUT2D eigenvalue weighted by molar-refractivity contribution is 7.96. The largest absolute Gasteiger partial charge is 0.228 e. The van der Waals surface area contributed by atoms with Crippen LogP contribution in [0, 0.1) is 0 Å². The van der Waals surface area contributed by atoms with Gasteiger partial charge >= 0.3 is 0 Å². The zero-order valence-corrected chi connectivity index (χ0v) is 9.15. The molecule has 0 aromatic heterocycles. The first-order valence-corrected chi connectivity index (χ1v) is 7.09. The van der Waals surface area contributed by atoms with Gasteiger partial charge < -0.3 is 0 Å². The van der Waals surface area contributed by atoms with Gasteiger partial charge in [0.05, 0.1) is 15.7 Å². The normalized spacial score (nSPS) is 31.8. The Hall–Kier alpha value is -0.140. The summed E-state index contributed by atoms with van der Waals surface area (Å²) in [5.41, 5.74) is 0. The highest BCUT2D eigenvalue weighted by Crippen LogP contribution is 2.35. The number of hydrogen-bond donors (Lipinski definition) is 1. The fourth-order valence-corrected chi connectivity index (χ4v) is 5.45. The number of hydrogen-bond acceptors (Lipinski definition) is 4. The first-order chi connectivity index (χ1) is 5.59. The van der Waals surface area contributed by atoms with Crippen LogP contribution in [0.15, 0.2) is 0 Å². The maximum absolute atomic E-state index is 11.4. The minimum atomic E-state index is -3.76. The maximum Gasteiger partial charge on any atom is 0.213 e. The second-order valence-electron chi connectivity index (χ2n) is 3.79. The van der Waals surface area contributed by atoms with E-state index in [1.165, 1.54) is 13.8 Å². The first kappa shape index (κ1) is 10.9. The third kappa shape index (κ3) is 1.60. The van der Waals surface area contributed by atoms with Gasteiger partial charge in [-0.05, 0) is 20.3 Å². The Morgan fingerprint density at radius 1 is 1.38 bits per heavy atom. The van der Waals surface area contributed by atoms with Crippen molar-refractivity contribution in [2.45, 2.75) is 30.3 Å². The molecule has 0 aromatic rings. The molecule has 1 atom stereocenters. The lowest BCUT2D eigenvalue weighted by atomic mass is 10.1. The summed E-state index contributed by atoms with van der Waals surface area (Å²) >= 11 is 0. The van der Waals surface area contributed by atoms with Crippen LogP contribution in [0.2, 0.25) is 0 Å². The van der Waals surface area contributed by atoms with Crippen molar-refractivity contribution >= 4 is 19.9 Å². The predicted molar refractivity (Wildman–Crippen MR) is 49.4 cm³/mol. The molecular weight excluding hydrogens is 214 g/mol. The molecule has 2 N–H and O–H groups in total. The van der Waals surface area contributed by atoms with Crippen molar-refractivity contribution in [2.75, 3.05) is 5.75 Å². The molecule has 1 aliphatic heterocycles. The summed E-state index contributed by atoms with van der Waals surface area (Å²) in [6.45, 7) is 2.81. The van der Waals surface area contributed by atoms with E-state index in [0.717, 1.165) is 0 Å². The van der Waals surface area contributed by atoms with E-state index in [4.69, 9.17) is 5.14 Å². The molecule has 78 valence electrons. The second-order valence-corrected chi connectivity index (χ2v) is 8.23. The maximum atomic E-state index is 11.4. The number of rotatable bonds is 1. The second kappa shape index (κ2) is 2.68. The molecule has 1 saturated heterocycles. The fraction of sp³-hybridized carbons (Fsp3) is 1.00. The van der Waals surface area contributed by atoms with Gasteiger partial charge in [-0.15, -0.1) is 0 Å². The summed E-state index contributed by atoms with van der Waals surface area (Å²) in [6.07, 6.45) is 0.105. The molecule has 0 aromatic carbocycles. The summed E-state index contributed by atoms with van der Waals surface area (Å²) < 4.78 is 43.7. The van der Waals surface area contributed by atoms with Crippen molar-refractivity contribution in [1.82, 2.24) is 0 Å². The lowest BCUT2D eigenvalue weighted by Crippen LogP contribution is -2.44. The minimum absolute atomic E-state index is 0.0961. The minimum Gasteiger partial charge on any atom is -0.228 e. The van der Waals surface area contributed by atoms with Gasteiger partial charge in [0, 0.05) is 0 Å². The van der Waals surface area contributed by atoms with Crippen LogP contribution in [0.25, 0.3) is 0 Å². The summed E-state index contributed by atoms with van der Waals surface area (Å²) in [4.78, 5) is 0. The Morgan fingerprint density at radius 3 is 2.00 bits per heavy atom. The zero-order valence-electron chi connectivity index (χ0n) is 7.52. The van der Waals surface area contributed by atoms with Gasteiger partial charge in [-0.25, -0.2) is 22.0 Å². The van der Waals surface area contributed by atoms with Gasteiger partial charge in [-0.2, -0.15) is 0 Å². The Morgan fingerprint density at radius 2 is 1.85 bits per heavy atom. The van der Waals surface area contributed by atoms with Crippen molar-refractivity contribution < 1.29 is 16.8 Å². The van der Waals surface area contributed by atoms with Crippen LogP contribution in [0.1, 0.15) is 20.3 Å². The third-order valence-corrected chi connectivity index (χ3v) is 7.05. The summed E-state index contributed by atoms with van der Waals surface area (Å²) in [5.74, 6) is -0.0961. The van der Waals surface area contributed by atoms with Crippen molar-refractivity contribution in [2.24, 2.45) is 5.14 Å². The third-order valence-electron chi connectivity index (χ3n) is 2.62.